The van der Waals surface area contributed by atoms with E-state index >= 15 is 0 Å². The highest BCUT2D eigenvalue weighted by Gasteiger charge is 1.95. The van der Waals surface area contributed by atoms with Gasteiger partial charge in [0.25, 0.3) is 0 Å². The van der Waals surface area contributed by atoms with Crippen molar-refractivity contribution in [3.63, 3.8) is 0 Å². The third-order valence-corrected chi connectivity index (χ3v) is 1.70. The van der Waals surface area contributed by atoms with Crippen molar-refractivity contribution >= 4 is 6.79 Å². The van der Waals surface area contributed by atoms with Gasteiger partial charge in [-0.05, 0) is 12.8 Å². The van der Waals surface area contributed by atoms with Crippen LogP contribution >= 0.6 is 0 Å². The zero-order valence-electron chi connectivity index (χ0n) is 7.81. The van der Waals surface area contributed by atoms with E-state index in [1.54, 1.807) is 0 Å². The summed E-state index contributed by atoms with van der Waals surface area (Å²) < 4.78 is 0. The molecule has 0 rings (SSSR count). The first-order chi connectivity index (χ1) is 5.31. The van der Waals surface area contributed by atoms with Crippen molar-refractivity contribution in [2.75, 3.05) is 0 Å². The molecule has 0 bridgehead atoms. The smallest absolute Gasteiger partial charge is 0.106 e. The number of rotatable bonds is 5. The normalized spacial score (nSPS) is 11.5. The number of unbranched alkanes of at least 4 members (excludes halogenated alkanes) is 2. The Morgan fingerprint density at radius 2 is 1.82 bits per heavy atom. The van der Waals surface area contributed by atoms with E-state index in [0.29, 0.717) is 6.04 Å². The zero-order valence-corrected chi connectivity index (χ0v) is 7.81. The third kappa shape index (κ3) is 12.8. The Kier molecular flexibility index (Phi) is 14.8. The fourth-order valence-electron chi connectivity index (χ4n) is 0.861. The van der Waals surface area contributed by atoms with Gasteiger partial charge < -0.3 is 10.5 Å². The van der Waals surface area contributed by atoms with Crippen molar-refractivity contribution in [3.8, 4) is 0 Å². The summed E-state index contributed by atoms with van der Waals surface area (Å²) in [4.78, 5) is 8.00. The molecule has 0 aromatic carbocycles. The Hall–Kier alpha value is -0.370. The molecule has 0 aliphatic heterocycles. The lowest BCUT2D eigenvalue weighted by Gasteiger charge is -2.05. The Morgan fingerprint density at radius 3 is 2.18 bits per heavy atom. The van der Waals surface area contributed by atoms with Crippen LogP contribution in [0.4, 0.5) is 0 Å². The predicted molar refractivity (Wildman–Crippen MR) is 49.5 cm³/mol. The molecule has 0 fully saturated rings. The van der Waals surface area contributed by atoms with Crippen molar-refractivity contribution in [2.24, 2.45) is 5.73 Å². The van der Waals surface area contributed by atoms with Crippen LogP contribution in [0.25, 0.3) is 0 Å². The monoisotopic (exact) mass is 159 g/mol. The van der Waals surface area contributed by atoms with E-state index in [4.69, 9.17) is 10.5 Å². The molecule has 0 amide bonds. The molecular formula is C9H21NO. The Balaban J connectivity index is 0. The fourth-order valence-corrected chi connectivity index (χ4v) is 0.861. The number of nitrogens with two attached hydrogens (primary N) is 1. The van der Waals surface area contributed by atoms with E-state index in [1.807, 2.05) is 6.79 Å². The molecule has 0 radical (unpaired) electrons. The van der Waals surface area contributed by atoms with Gasteiger partial charge in [-0.15, -0.1) is 0 Å². The topological polar surface area (TPSA) is 43.1 Å². The summed E-state index contributed by atoms with van der Waals surface area (Å²) in [5, 5.41) is 0. The summed E-state index contributed by atoms with van der Waals surface area (Å²) in [6, 6.07) is 0.455. The highest BCUT2D eigenvalue weighted by Crippen LogP contribution is 2.02. The maximum absolute atomic E-state index is 8.00. The van der Waals surface area contributed by atoms with Gasteiger partial charge in [-0.2, -0.15) is 0 Å². The second-order valence-corrected chi connectivity index (χ2v) is 2.66. The van der Waals surface area contributed by atoms with Crippen LogP contribution in [-0.4, -0.2) is 12.8 Å². The molecule has 68 valence electrons. The van der Waals surface area contributed by atoms with Gasteiger partial charge in [0.2, 0.25) is 0 Å². The lowest BCUT2D eigenvalue weighted by Crippen LogP contribution is -2.17. The Labute approximate surface area is 70.2 Å². The molecule has 1 atom stereocenters. The molecule has 0 aromatic rings. The molecule has 0 heterocycles. The molecule has 2 heteroatoms. The van der Waals surface area contributed by atoms with Gasteiger partial charge in [0.15, 0.2) is 0 Å². The van der Waals surface area contributed by atoms with Gasteiger partial charge in [-0.3, -0.25) is 0 Å². The average Bonchev–Trinajstić information content (AvgIpc) is 2.08. The van der Waals surface area contributed by atoms with Gasteiger partial charge in [0.1, 0.15) is 6.79 Å². The molecule has 0 unspecified atom stereocenters. The SMILES string of the molecule is C=O.CCCCC[C@@H](N)CC. The van der Waals surface area contributed by atoms with Crippen LogP contribution in [0, 0.1) is 0 Å². The van der Waals surface area contributed by atoms with Crippen LogP contribution in [-0.2, 0) is 4.79 Å². The molecule has 0 aliphatic rings. The van der Waals surface area contributed by atoms with Gasteiger partial charge in [-0.1, -0.05) is 33.1 Å². The molecule has 2 N–H and O–H groups in total. The van der Waals surface area contributed by atoms with Crippen LogP contribution in [0.2, 0.25) is 0 Å². The summed E-state index contributed by atoms with van der Waals surface area (Å²) in [7, 11) is 0. The van der Waals surface area contributed by atoms with Crippen LogP contribution in [0.5, 0.6) is 0 Å². The van der Waals surface area contributed by atoms with Crippen LogP contribution < -0.4 is 5.73 Å². The fraction of sp³-hybridized carbons (Fsp3) is 0.889. The second kappa shape index (κ2) is 12.3. The molecule has 0 saturated carbocycles. The van der Waals surface area contributed by atoms with Crippen LogP contribution in [0.1, 0.15) is 46.0 Å². The van der Waals surface area contributed by atoms with E-state index in [2.05, 4.69) is 13.8 Å². The van der Waals surface area contributed by atoms with E-state index in [-0.39, 0.29) is 0 Å². The van der Waals surface area contributed by atoms with Crippen molar-refractivity contribution < 1.29 is 4.79 Å². The minimum absolute atomic E-state index is 0.455. The second-order valence-electron chi connectivity index (χ2n) is 2.66. The van der Waals surface area contributed by atoms with E-state index in [0.717, 1.165) is 6.42 Å². The van der Waals surface area contributed by atoms with Crippen LogP contribution in [0.3, 0.4) is 0 Å². The van der Waals surface area contributed by atoms with Crippen molar-refractivity contribution in [1.29, 1.82) is 0 Å². The van der Waals surface area contributed by atoms with Gasteiger partial charge in [0.05, 0.1) is 0 Å². The summed E-state index contributed by atoms with van der Waals surface area (Å²) in [5.41, 5.74) is 5.71. The summed E-state index contributed by atoms with van der Waals surface area (Å²) in [6.07, 6.45) is 6.30. The largest absolute Gasteiger partial charge is 0.328 e. The Bertz CT molecular complexity index is 66.6. The van der Waals surface area contributed by atoms with Gasteiger partial charge >= 0.3 is 0 Å². The van der Waals surface area contributed by atoms with E-state index in [9.17, 15) is 0 Å². The van der Waals surface area contributed by atoms with Crippen molar-refractivity contribution in [1.82, 2.24) is 0 Å². The molecule has 0 saturated heterocycles. The highest BCUT2D eigenvalue weighted by molar-refractivity contribution is 5.10. The van der Waals surface area contributed by atoms with Gasteiger partial charge in [-0.25, -0.2) is 0 Å². The van der Waals surface area contributed by atoms with E-state index < -0.39 is 0 Å². The maximum Gasteiger partial charge on any atom is 0.106 e. The quantitative estimate of drug-likeness (QED) is 0.624. The number of carbonyl (C=O) groups excluding carboxylic acids is 1. The summed E-state index contributed by atoms with van der Waals surface area (Å²) in [6.45, 7) is 6.37. The lowest BCUT2D eigenvalue weighted by molar-refractivity contribution is -0.0979. The molecule has 11 heavy (non-hydrogen) atoms. The summed E-state index contributed by atoms with van der Waals surface area (Å²) >= 11 is 0. The first kappa shape index (κ1) is 13.2. The third-order valence-electron chi connectivity index (χ3n) is 1.70. The minimum atomic E-state index is 0.455. The average molecular weight is 159 g/mol. The molecule has 0 aromatic heterocycles. The minimum Gasteiger partial charge on any atom is -0.328 e. The first-order valence-corrected chi connectivity index (χ1v) is 4.35. The maximum atomic E-state index is 8.00. The van der Waals surface area contributed by atoms with Crippen molar-refractivity contribution in [3.05, 3.63) is 0 Å². The lowest BCUT2D eigenvalue weighted by atomic mass is 10.1. The standard InChI is InChI=1S/C8H19N.CH2O/c1-3-5-6-7-8(9)4-2;1-2/h8H,3-7,9H2,1-2H3;1H2/t8-;/m0./s1. The number of hydrogen-bond acceptors (Lipinski definition) is 2. The predicted octanol–water partition coefficient (Wildman–Crippen LogP) is 2.12. The molecule has 0 spiro atoms. The molecule has 2 nitrogen and oxygen atoms in total. The first-order valence-electron chi connectivity index (χ1n) is 4.35. The number of carbonyl (C=O) groups is 1. The molecule has 0 aliphatic carbocycles. The highest BCUT2D eigenvalue weighted by atomic mass is 16.1. The molecular weight excluding hydrogens is 138 g/mol. The Morgan fingerprint density at radius 1 is 1.27 bits per heavy atom. The van der Waals surface area contributed by atoms with Crippen LogP contribution in [0.15, 0.2) is 0 Å². The van der Waals surface area contributed by atoms with Crippen molar-refractivity contribution in [2.45, 2.75) is 52.0 Å². The summed E-state index contributed by atoms with van der Waals surface area (Å²) in [5.74, 6) is 0. The zero-order chi connectivity index (χ0) is 9.11. The number of hydrogen-bond donors (Lipinski definition) is 1. The van der Waals surface area contributed by atoms with Gasteiger partial charge in [0, 0.05) is 6.04 Å². The van der Waals surface area contributed by atoms with E-state index in [1.165, 1.54) is 25.7 Å².